The molecule has 5 nitrogen and oxygen atoms in total. The molecule has 0 bridgehead atoms. The third-order valence-electron chi connectivity index (χ3n) is 2.56. The predicted octanol–water partition coefficient (Wildman–Crippen LogP) is 1.37. The number of rotatable bonds is 7. The Morgan fingerprint density at radius 1 is 1.35 bits per heavy atom. The zero-order chi connectivity index (χ0) is 14.8. The van der Waals surface area contributed by atoms with Crippen LogP contribution in [-0.2, 0) is 11.2 Å². The molecule has 0 aliphatic rings. The molecule has 0 aromatic carbocycles. The lowest BCUT2D eigenvalue weighted by Crippen LogP contribution is -2.40. The van der Waals surface area contributed by atoms with Gasteiger partial charge in [0.25, 0.3) is 0 Å². The van der Waals surface area contributed by atoms with Crippen LogP contribution in [0.4, 0.5) is 0 Å². The first-order valence-electron chi connectivity index (χ1n) is 6.88. The maximum Gasteiger partial charge on any atom is 0.221 e. The number of nitrogens with one attached hydrogen (secondary N) is 3. The predicted molar refractivity (Wildman–Crippen MR) is 85.3 cm³/mol. The van der Waals surface area contributed by atoms with E-state index in [1.165, 1.54) is 4.88 Å². The van der Waals surface area contributed by atoms with Gasteiger partial charge in [0.1, 0.15) is 0 Å². The molecule has 0 fully saturated rings. The van der Waals surface area contributed by atoms with Gasteiger partial charge in [0, 0.05) is 37.5 Å². The summed E-state index contributed by atoms with van der Waals surface area (Å²) >= 11 is 1.76. The molecule has 0 aliphatic carbocycles. The van der Waals surface area contributed by atoms with Crippen molar-refractivity contribution in [2.75, 3.05) is 20.1 Å². The standard InChI is InChI=1S/C14H24N4OS/c1-11(2)18-13(19)7-9-17-14(15-3)16-8-6-12-5-4-10-20-12/h4-5,10-11H,6-9H2,1-3H3,(H,18,19)(H2,15,16,17). The monoisotopic (exact) mass is 296 g/mol. The van der Waals surface area contributed by atoms with Gasteiger partial charge in [-0.1, -0.05) is 6.07 Å². The van der Waals surface area contributed by atoms with Crippen LogP contribution in [0.2, 0.25) is 0 Å². The molecule has 1 amide bonds. The van der Waals surface area contributed by atoms with E-state index in [1.54, 1.807) is 18.4 Å². The number of carbonyl (C=O) groups excluding carboxylic acids is 1. The van der Waals surface area contributed by atoms with Gasteiger partial charge in [-0.25, -0.2) is 0 Å². The van der Waals surface area contributed by atoms with Crippen LogP contribution in [0.15, 0.2) is 22.5 Å². The topological polar surface area (TPSA) is 65.5 Å². The van der Waals surface area contributed by atoms with Crippen molar-refractivity contribution in [2.45, 2.75) is 32.7 Å². The number of guanidine groups is 1. The summed E-state index contributed by atoms with van der Waals surface area (Å²) in [6, 6.07) is 4.37. The van der Waals surface area contributed by atoms with Gasteiger partial charge >= 0.3 is 0 Å². The highest BCUT2D eigenvalue weighted by Crippen LogP contribution is 2.07. The highest BCUT2D eigenvalue weighted by Gasteiger charge is 2.03. The minimum Gasteiger partial charge on any atom is -0.356 e. The summed E-state index contributed by atoms with van der Waals surface area (Å²) in [4.78, 5) is 17.0. The quantitative estimate of drug-likeness (QED) is 0.526. The van der Waals surface area contributed by atoms with Crippen molar-refractivity contribution in [1.29, 1.82) is 0 Å². The van der Waals surface area contributed by atoms with Crippen LogP contribution in [0.5, 0.6) is 0 Å². The van der Waals surface area contributed by atoms with E-state index in [1.807, 2.05) is 13.8 Å². The van der Waals surface area contributed by atoms with Crippen molar-refractivity contribution >= 4 is 23.2 Å². The van der Waals surface area contributed by atoms with E-state index in [4.69, 9.17) is 0 Å². The van der Waals surface area contributed by atoms with Crippen molar-refractivity contribution < 1.29 is 4.79 Å². The van der Waals surface area contributed by atoms with E-state index in [2.05, 4.69) is 38.5 Å². The van der Waals surface area contributed by atoms with Crippen molar-refractivity contribution in [3.05, 3.63) is 22.4 Å². The van der Waals surface area contributed by atoms with E-state index in [0.717, 1.165) is 18.9 Å². The number of hydrogen-bond donors (Lipinski definition) is 3. The Labute approximate surface area is 124 Å². The first kappa shape index (κ1) is 16.5. The number of aliphatic imine (C=N–C) groups is 1. The second-order valence-corrected chi connectivity index (χ2v) is 5.76. The third-order valence-corrected chi connectivity index (χ3v) is 3.50. The zero-order valence-electron chi connectivity index (χ0n) is 12.4. The normalized spacial score (nSPS) is 11.5. The molecule has 1 aromatic rings. The van der Waals surface area contributed by atoms with E-state index < -0.39 is 0 Å². The number of nitrogens with zero attached hydrogens (tertiary/aromatic N) is 1. The lowest BCUT2D eigenvalue weighted by Gasteiger charge is -2.12. The van der Waals surface area contributed by atoms with E-state index in [0.29, 0.717) is 13.0 Å². The number of thiophene rings is 1. The summed E-state index contributed by atoms with van der Waals surface area (Å²) < 4.78 is 0. The first-order valence-corrected chi connectivity index (χ1v) is 7.76. The maximum atomic E-state index is 11.5. The molecule has 0 saturated carbocycles. The third kappa shape index (κ3) is 7.13. The first-order chi connectivity index (χ1) is 9.61. The second kappa shape index (κ2) is 9.36. The van der Waals surface area contributed by atoms with Gasteiger partial charge in [-0.2, -0.15) is 0 Å². The molecule has 20 heavy (non-hydrogen) atoms. The van der Waals surface area contributed by atoms with Gasteiger partial charge in [-0.15, -0.1) is 11.3 Å². The largest absolute Gasteiger partial charge is 0.356 e. The molecule has 3 N–H and O–H groups in total. The van der Waals surface area contributed by atoms with Gasteiger partial charge in [-0.3, -0.25) is 9.79 Å². The lowest BCUT2D eigenvalue weighted by molar-refractivity contribution is -0.121. The van der Waals surface area contributed by atoms with Gasteiger partial charge in [-0.05, 0) is 31.7 Å². The Morgan fingerprint density at radius 2 is 2.10 bits per heavy atom. The summed E-state index contributed by atoms with van der Waals surface area (Å²) in [5.74, 6) is 0.792. The molecule has 0 aliphatic heterocycles. The van der Waals surface area contributed by atoms with Crippen LogP contribution in [-0.4, -0.2) is 38.0 Å². The Balaban J connectivity index is 2.15. The molecule has 1 aromatic heterocycles. The number of carbonyl (C=O) groups is 1. The van der Waals surface area contributed by atoms with Crippen LogP contribution in [0.25, 0.3) is 0 Å². The highest BCUT2D eigenvalue weighted by molar-refractivity contribution is 7.09. The molecule has 0 atom stereocenters. The minimum atomic E-state index is 0.0570. The van der Waals surface area contributed by atoms with Crippen molar-refractivity contribution in [3.8, 4) is 0 Å². The van der Waals surface area contributed by atoms with E-state index in [-0.39, 0.29) is 11.9 Å². The maximum absolute atomic E-state index is 11.5. The molecule has 0 radical (unpaired) electrons. The zero-order valence-corrected chi connectivity index (χ0v) is 13.2. The van der Waals surface area contributed by atoms with E-state index in [9.17, 15) is 4.79 Å². The molecule has 6 heteroatoms. The second-order valence-electron chi connectivity index (χ2n) is 4.73. The summed E-state index contributed by atoms with van der Waals surface area (Å²) in [7, 11) is 1.73. The van der Waals surface area contributed by atoms with Crippen LogP contribution in [0.1, 0.15) is 25.1 Å². The molecular weight excluding hydrogens is 272 g/mol. The Hall–Kier alpha value is -1.56. The van der Waals surface area contributed by atoms with Crippen molar-refractivity contribution in [1.82, 2.24) is 16.0 Å². The van der Waals surface area contributed by atoms with Crippen molar-refractivity contribution in [3.63, 3.8) is 0 Å². The summed E-state index contributed by atoms with van der Waals surface area (Å²) in [6.45, 7) is 5.32. The summed E-state index contributed by atoms with van der Waals surface area (Å²) in [5.41, 5.74) is 0. The SMILES string of the molecule is CN=C(NCCC(=O)NC(C)C)NCCc1cccs1. The average Bonchev–Trinajstić information content (AvgIpc) is 2.89. The van der Waals surface area contributed by atoms with Gasteiger partial charge in [0.15, 0.2) is 5.96 Å². The van der Waals surface area contributed by atoms with Gasteiger partial charge < -0.3 is 16.0 Å². The molecule has 1 rings (SSSR count). The fourth-order valence-corrected chi connectivity index (χ4v) is 2.38. The minimum absolute atomic E-state index is 0.0570. The average molecular weight is 296 g/mol. The highest BCUT2D eigenvalue weighted by atomic mass is 32.1. The van der Waals surface area contributed by atoms with E-state index >= 15 is 0 Å². The molecule has 112 valence electrons. The lowest BCUT2D eigenvalue weighted by atomic mass is 10.3. The number of hydrogen-bond acceptors (Lipinski definition) is 3. The Morgan fingerprint density at radius 3 is 2.70 bits per heavy atom. The van der Waals surface area contributed by atoms with Gasteiger partial charge in [0.05, 0.1) is 0 Å². The number of amides is 1. The molecular formula is C14H24N4OS. The molecule has 0 unspecified atom stereocenters. The van der Waals surface area contributed by atoms with Crippen LogP contribution in [0, 0.1) is 0 Å². The van der Waals surface area contributed by atoms with Crippen molar-refractivity contribution in [2.24, 2.45) is 4.99 Å². The van der Waals surface area contributed by atoms with Crippen LogP contribution >= 0.6 is 11.3 Å². The summed E-state index contributed by atoms with van der Waals surface area (Å²) in [6.07, 6.45) is 1.43. The fraction of sp³-hybridized carbons (Fsp3) is 0.571. The fourth-order valence-electron chi connectivity index (χ4n) is 1.67. The van der Waals surface area contributed by atoms with Crippen LogP contribution < -0.4 is 16.0 Å². The van der Waals surface area contributed by atoms with Gasteiger partial charge in [0.2, 0.25) is 5.91 Å². The summed E-state index contributed by atoms with van der Waals surface area (Å²) in [5, 5.41) is 11.3. The molecule has 1 heterocycles. The molecule has 0 spiro atoms. The Bertz CT molecular complexity index is 415. The Kier molecular flexibility index (Phi) is 7.72. The van der Waals surface area contributed by atoms with Crippen LogP contribution in [0.3, 0.4) is 0 Å². The smallest absolute Gasteiger partial charge is 0.221 e. The molecule has 0 saturated heterocycles.